The molecule has 0 bridgehead atoms. The normalized spacial score (nSPS) is 13.9. The lowest BCUT2D eigenvalue weighted by Crippen LogP contribution is -2.31. The van der Waals surface area contributed by atoms with Crippen molar-refractivity contribution in [2.45, 2.75) is 142 Å². The van der Waals surface area contributed by atoms with Crippen LogP contribution in [0.1, 0.15) is 145 Å². The number of rotatable bonds is 20. The third-order valence-electron chi connectivity index (χ3n) is 13.1. The third kappa shape index (κ3) is 11.0. The summed E-state index contributed by atoms with van der Waals surface area (Å²) in [5, 5.41) is 8.69. The van der Waals surface area contributed by atoms with E-state index in [1.807, 2.05) is 0 Å². The van der Waals surface area contributed by atoms with Crippen molar-refractivity contribution in [3.8, 4) is 0 Å². The molecule has 2 heteroatoms. The van der Waals surface area contributed by atoms with Crippen LogP contribution < -0.4 is 31.8 Å². The summed E-state index contributed by atoms with van der Waals surface area (Å²) in [6, 6.07) is 58.6. The van der Waals surface area contributed by atoms with Crippen LogP contribution in [0.5, 0.6) is 0 Å². The molecule has 0 aliphatic heterocycles. The van der Waals surface area contributed by atoms with Gasteiger partial charge in [0, 0.05) is 5.41 Å². The maximum absolute atomic E-state index is 2.52. The van der Waals surface area contributed by atoms with Crippen LogP contribution in [0.4, 0.5) is 0 Å². The molecule has 1 fully saturated rings. The van der Waals surface area contributed by atoms with Crippen LogP contribution in [0.3, 0.4) is 0 Å². The third-order valence-corrected chi connectivity index (χ3v) is 18.0. The summed E-state index contributed by atoms with van der Waals surface area (Å²) in [5.74, 6) is 0. The average Bonchev–Trinajstić information content (AvgIpc) is 3.31. The van der Waals surface area contributed by atoms with Crippen LogP contribution in [0.15, 0.2) is 146 Å². The number of benzene rings is 6. The van der Waals surface area contributed by atoms with Gasteiger partial charge in [-0.15, -0.1) is 0 Å². The summed E-state index contributed by atoms with van der Waals surface area (Å²) >= 11 is 0. The Balaban J connectivity index is 1.21. The summed E-state index contributed by atoms with van der Waals surface area (Å²) in [6.07, 6.45) is 20.9. The van der Waals surface area contributed by atoms with E-state index in [-0.39, 0.29) is 5.41 Å². The van der Waals surface area contributed by atoms with E-state index in [1.165, 1.54) is 174 Å². The first-order valence-corrected chi connectivity index (χ1v) is 26.4. The predicted molar refractivity (Wildman–Crippen MR) is 269 cm³/mol. The molecule has 0 N–H and O–H groups in total. The lowest BCUT2D eigenvalue weighted by molar-refractivity contribution is 0.346. The molecule has 1 aliphatic carbocycles. The summed E-state index contributed by atoms with van der Waals surface area (Å²) in [5.41, 5.74) is 8.86. The monoisotopic (exact) mass is 828 g/mol. The van der Waals surface area contributed by atoms with Crippen LogP contribution in [0.2, 0.25) is 0 Å². The van der Waals surface area contributed by atoms with Crippen LogP contribution in [0, 0.1) is 0 Å². The minimum Gasteiger partial charge on any atom is -0.0654 e. The van der Waals surface area contributed by atoms with Gasteiger partial charge in [-0.1, -0.05) is 218 Å². The number of unbranched alkanes of at least 4 members (excludes halogenated alkanes) is 4. The zero-order valence-corrected chi connectivity index (χ0v) is 39.1. The second kappa shape index (κ2) is 22.3. The molecule has 6 aromatic rings. The fraction of sp³-hybridized carbons (Fsp3) is 0.379. The predicted octanol–water partition coefficient (Wildman–Crippen LogP) is 13.8. The van der Waals surface area contributed by atoms with Crippen molar-refractivity contribution >= 4 is 47.7 Å². The van der Waals surface area contributed by atoms with Crippen molar-refractivity contribution in [1.29, 1.82) is 0 Å². The van der Waals surface area contributed by atoms with E-state index in [2.05, 4.69) is 173 Å². The molecule has 0 saturated heterocycles. The average molecular weight is 829 g/mol. The summed E-state index contributed by atoms with van der Waals surface area (Å²) < 4.78 is 0. The van der Waals surface area contributed by atoms with E-state index in [1.54, 1.807) is 0 Å². The van der Waals surface area contributed by atoms with Crippen molar-refractivity contribution < 1.29 is 0 Å². The van der Waals surface area contributed by atoms with E-state index in [9.17, 15) is 0 Å². The SMILES string of the molecule is CCCCc1ccc(P(c2ccc(CCCC)cc2)c2ccc(C3(c4ccc(P(c5ccc(CCCC)cc5)c5ccc(CCCC)cc5)cc4)CCCCC3)cc2)cc1. The van der Waals surface area contributed by atoms with Gasteiger partial charge in [0.15, 0.2) is 0 Å². The quantitative estimate of drug-likeness (QED) is 0.0673. The Hall–Kier alpha value is -3.82. The van der Waals surface area contributed by atoms with Gasteiger partial charge in [0.05, 0.1) is 0 Å². The Morgan fingerprint density at radius 2 is 0.550 bits per heavy atom. The second-order valence-electron chi connectivity index (χ2n) is 17.5. The van der Waals surface area contributed by atoms with Crippen LogP contribution >= 0.6 is 15.8 Å². The number of hydrogen-bond donors (Lipinski definition) is 0. The highest BCUT2D eigenvalue weighted by molar-refractivity contribution is 7.80. The molecule has 0 aromatic heterocycles. The molecule has 1 saturated carbocycles. The summed E-state index contributed by atoms with van der Waals surface area (Å²) in [7, 11) is -1.32. The summed E-state index contributed by atoms with van der Waals surface area (Å²) in [6.45, 7) is 9.14. The molecule has 60 heavy (non-hydrogen) atoms. The van der Waals surface area contributed by atoms with E-state index >= 15 is 0 Å². The zero-order chi connectivity index (χ0) is 41.6. The van der Waals surface area contributed by atoms with Gasteiger partial charge in [0.25, 0.3) is 0 Å². The Morgan fingerprint density at radius 3 is 0.783 bits per heavy atom. The van der Waals surface area contributed by atoms with Gasteiger partial charge in [0.1, 0.15) is 0 Å². The molecular weight excluding hydrogens is 759 g/mol. The molecule has 7 rings (SSSR count). The number of hydrogen-bond acceptors (Lipinski definition) is 0. The van der Waals surface area contributed by atoms with Gasteiger partial charge in [-0.2, -0.15) is 0 Å². The van der Waals surface area contributed by atoms with Gasteiger partial charge in [-0.25, -0.2) is 0 Å². The van der Waals surface area contributed by atoms with Crippen LogP contribution in [-0.4, -0.2) is 0 Å². The van der Waals surface area contributed by atoms with E-state index in [4.69, 9.17) is 0 Å². The Morgan fingerprint density at radius 1 is 0.317 bits per heavy atom. The van der Waals surface area contributed by atoms with Gasteiger partial charge in [-0.05, 0) is 145 Å². The van der Waals surface area contributed by atoms with Crippen molar-refractivity contribution in [2.24, 2.45) is 0 Å². The molecule has 0 spiro atoms. The Kier molecular flexibility index (Phi) is 16.5. The Labute approximate surface area is 367 Å². The highest BCUT2D eigenvalue weighted by Gasteiger charge is 2.36. The molecule has 0 amide bonds. The smallest absolute Gasteiger partial charge is 0.0202 e. The topological polar surface area (TPSA) is 0 Å². The van der Waals surface area contributed by atoms with E-state index in [0.29, 0.717) is 0 Å². The van der Waals surface area contributed by atoms with Crippen molar-refractivity contribution in [2.75, 3.05) is 0 Å². The largest absolute Gasteiger partial charge is 0.0654 e. The van der Waals surface area contributed by atoms with Gasteiger partial charge in [0.2, 0.25) is 0 Å². The molecule has 0 atom stereocenters. The van der Waals surface area contributed by atoms with E-state index in [0.717, 1.165) is 0 Å². The molecule has 6 aromatic carbocycles. The molecule has 0 unspecified atom stereocenters. The van der Waals surface area contributed by atoms with Crippen molar-refractivity contribution in [3.05, 3.63) is 179 Å². The van der Waals surface area contributed by atoms with Crippen LogP contribution in [-0.2, 0) is 31.1 Å². The molecule has 312 valence electrons. The highest BCUT2D eigenvalue weighted by Crippen LogP contribution is 2.46. The standard InChI is InChI=1S/C58H70P2/c1-5-9-16-46-20-32-52(33-21-46)59(53-34-22-47(23-35-53)17-10-6-2)56-40-28-50(29-41-56)58(44-14-13-15-45-58)51-30-42-57(43-31-51)60(54-36-24-48(25-37-54)18-11-7-3)55-38-26-49(27-39-55)19-12-8-4/h20-43H,5-19,44-45H2,1-4H3. The maximum Gasteiger partial charge on any atom is 0.0202 e. The first kappa shape index (κ1) is 44.2. The first-order valence-electron chi connectivity index (χ1n) is 23.7. The maximum atomic E-state index is 2.52. The molecule has 0 radical (unpaired) electrons. The minimum atomic E-state index is -0.662. The molecule has 0 heterocycles. The van der Waals surface area contributed by atoms with Gasteiger partial charge in [-0.3, -0.25) is 0 Å². The van der Waals surface area contributed by atoms with Crippen molar-refractivity contribution in [1.82, 2.24) is 0 Å². The highest BCUT2D eigenvalue weighted by atomic mass is 31.1. The first-order chi connectivity index (χ1) is 29.5. The lowest BCUT2D eigenvalue weighted by atomic mass is 9.65. The lowest BCUT2D eigenvalue weighted by Gasteiger charge is -2.39. The number of aryl methyl sites for hydroxylation is 4. The van der Waals surface area contributed by atoms with Gasteiger partial charge < -0.3 is 0 Å². The van der Waals surface area contributed by atoms with Gasteiger partial charge >= 0.3 is 0 Å². The van der Waals surface area contributed by atoms with E-state index < -0.39 is 15.8 Å². The van der Waals surface area contributed by atoms with Crippen molar-refractivity contribution in [3.63, 3.8) is 0 Å². The molecule has 1 aliphatic rings. The summed E-state index contributed by atoms with van der Waals surface area (Å²) in [4.78, 5) is 0. The fourth-order valence-corrected chi connectivity index (χ4v) is 13.9. The molecule has 0 nitrogen and oxygen atoms in total. The Bertz CT molecular complexity index is 1880. The second-order valence-corrected chi connectivity index (χ2v) is 21.9. The minimum absolute atomic E-state index is 0.0462. The zero-order valence-electron chi connectivity index (χ0n) is 37.3. The fourth-order valence-electron chi connectivity index (χ4n) is 9.42. The van der Waals surface area contributed by atoms with Crippen LogP contribution in [0.25, 0.3) is 0 Å². The molecular formula is C58H70P2.